The van der Waals surface area contributed by atoms with Crippen LogP contribution in [-0.2, 0) is 0 Å². The molecule has 0 heterocycles. The van der Waals surface area contributed by atoms with Crippen molar-refractivity contribution >= 4 is 11.6 Å². The lowest BCUT2D eigenvalue weighted by Crippen LogP contribution is -2.34. The van der Waals surface area contributed by atoms with Gasteiger partial charge < -0.3 is 5.32 Å². The second kappa shape index (κ2) is 7.65. The van der Waals surface area contributed by atoms with Crippen LogP contribution >= 0.6 is 11.6 Å². The molecule has 0 radical (unpaired) electrons. The summed E-state index contributed by atoms with van der Waals surface area (Å²) in [6.07, 6.45) is 5.22. The summed E-state index contributed by atoms with van der Waals surface area (Å²) in [5.74, 6) is 2.40. The third-order valence-corrected chi connectivity index (χ3v) is 5.35. The van der Waals surface area contributed by atoms with Crippen molar-refractivity contribution in [3.63, 3.8) is 0 Å². The van der Waals surface area contributed by atoms with Gasteiger partial charge in [-0.15, -0.1) is 0 Å². The van der Waals surface area contributed by atoms with Gasteiger partial charge in [0.1, 0.15) is 0 Å². The van der Waals surface area contributed by atoms with E-state index < -0.39 is 0 Å². The van der Waals surface area contributed by atoms with Gasteiger partial charge in [-0.05, 0) is 74.1 Å². The van der Waals surface area contributed by atoms with E-state index in [1.807, 2.05) is 6.07 Å². The molecule has 0 saturated heterocycles. The molecule has 21 heavy (non-hydrogen) atoms. The highest BCUT2D eigenvalue weighted by Crippen LogP contribution is 2.41. The van der Waals surface area contributed by atoms with Gasteiger partial charge in [0.05, 0.1) is 0 Å². The minimum atomic E-state index is 0.453. The third-order valence-electron chi connectivity index (χ3n) is 4.95. The Morgan fingerprint density at radius 2 is 1.86 bits per heavy atom. The molecule has 0 bridgehead atoms. The molecule has 0 aliphatic heterocycles. The lowest BCUT2D eigenvalue weighted by Gasteiger charge is -2.38. The van der Waals surface area contributed by atoms with E-state index in [2.05, 4.69) is 45.1 Å². The Morgan fingerprint density at radius 1 is 1.19 bits per heavy atom. The zero-order chi connectivity index (χ0) is 15.4. The molecule has 3 unspecified atom stereocenters. The fraction of sp³-hybridized carbons (Fsp3) is 0.684. The summed E-state index contributed by atoms with van der Waals surface area (Å²) >= 11 is 6.36. The van der Waals surface area contributed by atoms with Gasteiger partial charge in [0.15, 0.2) is 0 Å². The number of rotatable bonds is 5. The van der Waals surface area contributed by atoms with Crippen LogP contribution in [0.1, 0.15) is 63.6 Å². The molecule has 1 aliphatic rings. The molecule has 1 saturated carbocycles. The Morgan fingerprint density at radius 3 is 2.48 bits per heavy atom. The topological polar surface area (TPSA) is 12.0 Å². The van der Waals surface area contributed by atoms with E-state index in [0.29, 0.717) is 6.04 Å². The van der Waals surface area contributed by atoms with Crippen molar-refractivity contribution in [3.05, 3.63) is 34.3 Å². The van der Waals surface area contributed by atoms with Crippen LogP contribution in [0.3, 0.4) is 0 Å². The van der Waals surface area contributed by atoms with Crippen LogP contribution in [0.2, 0.25) is 5.02 Å². The molecule has 1 nitrogen and oxygen atoms in total. The summed E-state index contributed by atoms with van der Waals surface area (Å²) in [5.41, 5.74) is 2.65. The monoisotopic (exact) mass is 307 g/mol. The molecule has 1 aromatic carbocycles. The molecule has 0 aromatic heterocycles. The first-order valence-corrected chi connectivity index (χ1v) is 8.89. The zero-order valence-corrected chi connectivity index (χ0v) is 14.7. The highest BCUT2D eigenvalue weighted by molar-refractivity contribution is 6.31. The second-order valence-electron chi connectivity index (χ2n) is 7.06. The number of benzene rings is 1. The molecular weight excluding hydrogens is 278 g/mol. The maximum absolute atomic E-state index is 6.36. The van der Waals surface area contributed by atoms with Crippen LogP contribution in [-0.4, -0.2) is 6.54 Å². The average molecular weight is 308 g/mol. The molecule has 1 aromatic rings. The smallest absolute Gasteiger partial charge is 0.0438 e. The summed E-state index contributed by atoms with van der Waals surface area (Å²) in [5, 5.41) is 4.70. The van der Waals surface area contributed by atoms with Crippen molar-refractivity contribution < 1.29 is 0 Å². The van der Waals surface area contributed by atoms with Crippen LogP contribution in [0.15, 0.2) is 18.2 Å². The van der Waals surface area contributed by atoms with Gasteiger partial charge in [0, 0.05) is 11.1 Å². The summed E-state index contributed by atoms with van der Waals surface area (Å²) in [7, 11) is 0. The van der Waals surface area contributed by atoms with E-state index in [-0.39, 0.29) is 0 Å². The molecule has 2 rings (SSSR count). The SMILES string of the molecule is CCCNC(c1cccc(Cl)c1C)C1CC(C)CC(C)C1. The van der Waals surface area contributed by atoms with Crippen LogP contribution in [0.4, 0.5) is 0 Å². The lowest BCUT2D eigenvalue weighted by molar-refractivity contribution is 0.176. The van der Waals surface area contributed by atoms with Gasteiger partial charge in [-0.1, -0.05) is 44.5 Å². The van der Waals surface area contributed by atoms with Crippen molar-refractivity contribution in [2.75, 3.05) is 6.54 Å². The standard InChI is InChI=1S/C19H30ClN/c1-5-9-21-19(16-11-13(2)10-14(3)12-16)17-7-6-8-18(20)15(17)4/h6-8,13-14,16,19,21H,5,9-12H2,1-4H3. The summed E-state index contributed by atoms with van der Waals surface area (Å²) in [4.78, 5) is 0. The predicted octanol–water partition coefficient (Wildman–Crippen LogP) is 5.76. The zero-order valence-electron chi connectivity index (χ0n) is 14.0. The molecule has 0 spiro atoms. The Bertz CT molecular complexity index is 447. The van der Waals surface area contributed by atoms with Crippen molar-refractivity contribution in [3.8, 4) is 0 Å². The van der Waals surface area contributed by atoms with Gasteiger partial charge in [-0.25, -0.2) is 0 Å². The van der Waals surface area contributed by atoms with E-state index in [1.54, 1.807) is 0 Å². The summed E-state index contributed by atoms with van der Waals surface area (Å²) < 4.78 is 0. The molecule has 118 valence electrons. The first-order chi connectivity index (χ1) is 10.0. The van der Waals surface area contributed by atoms with Crippen molar-refractivity contribution in [2.24, 2.45) is 17.8 Å². The van der Waals surface area contributed by atoms with Crippen molar-refractivity contribution in [2.45, 2.75) is 59.4 Å². The van der Waals surface area contributed by atoms with Crippen LogP contribution in [0.25, 0.3) is 0 Å². The van der Waals surface area contributed by atoms with Crippen LogP contribution in [0.5, 0.6) is 0 Å². The van der Waals surface area contributed by atoms with Crippen LogP contribution in [0, 0.1) is 24.7 Å². The van der Waals surface area contributed by atoms with Gasteiger partial charge in [0.2, 0.25) is 0 Å². The Balaban J connectivity index is 2.27. The highest BCUT2D eigenvalue weighted by atomic mass is 35.5. The number of hydrogen-bond donors (Lipinski definition) is 1. The molecule has 1 N–H and O–H groups in total. The van der Waals surface area contributed by atoms with Crippen molar-refractivity contribution in [1.29, 1.82) is 0 Å². The van der Waals surface area contributed by atoms with E-state index in [9.17, 15) is 0 Å². The maximum atomic E-state index is 6.36. The predicted molar refractivity (Wildman–Crippen MR) is 92.9 cm³/mol. The largest absolute Gasteiger partial charge is 0.310 e. The number of halogens is 1. The summed E-state index contributed by atoms with van der Waals surface area (Å²) in [6, 6.07) is 6.82. The molecule has 0 amide bonds. The average Bonchev–Trinajstić information content (AvgIpc) is 2.42. The normalized spacial score (nSPS) is 27.6. The van der Waals surface area contributed by atoms with E-state index >= 15 is 0 Å². The van der Waals surface area contributed by atoms with Crippen molar-refractivity contribution in [1.82, 2.24) is 5.32 Å². The number of nitrogens with one attached hydrogen (secondary N) is 1. The molecule has 1 fully saturated rings. The fourth-order valence-corrected chi connectivity index (χ4v) is 4.25. The molecule has 1 aliphatic carbocycles. The summed E-state index contributed by atoms with van der Waals surface area (Å²) in [6.45, 7) is 10.3. The third kappa shape index (κ3) is 4.23. The fourth-order valence-electron chi connectivity index (χ4n) is 4.07. The first kappa shape index (κ1) is 16.8. The Kier molecular flexibility index (Phi) is 6.13. The van der Waals surface area contributed by atoms with E-state index in [1.165, 1.54) is 36.8 Å². The number of hydrogen-bond acceptors (Lipinski definition) is 1. The Hall–Kier alpha value is -0.530. The molecule has 2 heteroatoms. The van der Waals surface area contributed by atoms with Gasteiger partial charge in [-0.3, -0.25) is 0 Å². The highest BCUT2D eigenvalue weighted by Gasteiger charge is 2.31. The maximum Gasteiger partial charge on any atom is 0.0438 e. The van der Waals surface area contributed by atoms with Gasteiger partial charge >= 0.3 is 0 Å². The minimum Gasteiger partial charge on any atom is -0.310 e. The second-order valence-corrected chi connectivity index (χ2v) is 7.47. The Labute approximate surface area is 135 Å². The van der Waals surface area contributed by atoms with E-state index in [0.717, 1.165) is 29.3 Å². The minimum absolute atomic E-state index is 0.453. The quantitative estimate of drug-likeness (QED) is 0.729. The van der Waals surface area contributed by atoms with E-state index in [4.69, 9.17) is 11.6 Å². The lowest BCUT2D eigenvalue weighted by atomic mass is 9.72. The van der Waals surface area contributed by atoms with Crippen LogP contribution < -0.4 is 5.32 Å². The van der Waals surface area contributed by atoms with Gasteiger partial charge in [-0.2, -0.15) is 0 Å². The molecular formula is C19H30ClN. The first-order valence-electron chi connectivity index (χ1n) is 8.51. The molecule has 3 atom stereocenters. The van der Waals surface area contributed by atoms with Gasteiger partial charge in [0.25, 0.3) is 0 Å².